The summed E-state index contributed by atoms with van der Waals surface area (Å²) in [5.41, 5.74) is 16.3. The van der Waals surface area contributed by atoms with Crippen LogP contribution in [0.1, 0.15) is 269 Å². The highest BCUT2D eigenvalue weighted by molar-refractivity contribution is 5.59. The molecule has 0 aliphatic carbocycles. The molecule has 4 rings (SSSR count). The third-order valence-electron chi connectivity index (χ3n) is 14.9. The maximum Gasteiger partial charge on any atom is 0.123 e. The summed E-state index contributed by atoms with van der Waals surface area (Å²) in [6, 6.07) is 13.8. The van der Waals surface area contributed by atoms with Gasteiger partial charge in [-0.2, -0.15) is 0 Å². The van der Waals surface area contributed by atoms with Crippen molar-refractivity contribution in [2.24, 2.45) is 16.2 Å². The van der Waals surface area contributed by atoms with Crippen LogP contribution < -0.4 is 0 Å². The summed E-state index contributed by atoms with van der Waals surface area (Å²) in [6.45, 7) is 61.4. The molecule has 0 saturated carbocycles. The smallest absolute Gasteiger partial charge is 0.123 e. The highest BCUT2D eigenvalue weighted by Gasteiger charge is 2.37. The molecule has 3 heteroatoms. The summed E-state index contributed by atoms with van der Waals surface area (Å²) in [5, 5.41) is 36.5. The molecule has 3 N–H and O–H groups in total. The molecule has 0 atom stereocenters. The van der Waals surface area contributed by atoms with Crippen molar-refractivity contribution in [1.29, 1.82) is 0 Å². The molecule has 69 heavy (non-hydrogen) atoms. The summed E-state index contributed by atoms with van der Waals surface area (Å²) in [7, 11) is 0. The molecular formula is C66H102O3. The zero-order chi connectivity index (χ0) is 53.4. The van der Waals surface area contributed by atoms with Gasteiger partial charge in [0.2, 0.25) is 0 Å². The van der Waals surface area contributed by atoms with E-state index in [4.69, 9.17) is 0 Å². The van der Waals surface area contributed by atoms with Gasteiger partial charge in [-0.25, -0.2) is 0 Å². The Kier molecular flexibility index (Phi) is 16.0. The molecule has 0 aromatic heterocycles. The number of aromatic hydroxyl groups is 3. The van der Waals surface area contributed by atoms with Gasteiger partial charge < -0.3 is 15.3 Å². The Balaban J connectivity index is 2.16. The fourth-order valence-corrected chi connectivity index (χ4v) is 12.7. The molecule has 4 aromatic rings. The van der Waals surface area contributed by atoms with Crippen molar-refractivity contribution in [2.45, 2.75) is 258 Å². The summed E-state index contributed by atoms with van der Waals surface area (Å²) < 4.78 is 0. The van der Waals surface area contributed by atoms with Gasteiger partial charge in [0, 0.05) is 16.7 Å². The lowest BCUT2D eigenvalue weighted by Gasteiger charge is -2.36. The molecular weight excluding hydrogens is 841 g/mol. The first-order valence-electron chi connectivity index (χ1n) is 26.4. The highest BCUT2D eigenvalue weighted by Crippen LogP contribution is 2.49. The van der Waals surface area contributed by atoms with Crippen LogP contribution >= 0.6 is 0 Å². The monoisotopic (exact) mass is 943 g/mol. The fourth-order valence-electron chi connectivity index (χ4n) is 12.7. The Labute approximate surface area is 424 Å². The largest absolute Gasteiger partial charge is 0.507 e. The SMILES string of the molecule is Cc1c(Cc2cc(C(C)(C)C)c(O)c(C(C)(C)CC(C)(C)C)c2)c(C)c(Cc2cc(C(C)(C)C)c(O)c(C(C)(C)CC(C)(C)C)c2)c(C)c1Cc1cc(C(C)(C)C)c(O)c(C(C)(C)CC(C)(C)C)c1. The van der Waals surface area contributed by atoms with E-state index in [-0.39, 0.29) is 48.7 Å². The minimum Gasteiger partial charge on any atom is -0.507 e. The number of hydrogen-bond acceptors (Lipinski definition) is 3. The van der Waals surface area contributed by atoms with Gasteiger partial charge in [-0.3, -0.25) is 0 Å². The zero-order valence-electron chi connectivity index (χ0n) is 49.5. The first-order valence-corrected chi connectivity index (χ1v) is 26.4. The Morgan fingerprint density at radius 1 is 0.290 bits per heavy atom. The highest BCUT2D eigenvalue weighted by atomic mass is 16.3. The average Bonchev–Trinajstić information content (AvgIpc) is 3.10. The van der Waals surface area contributed by atoms with Crippen molar-refractivity contribution >= 4 is 0 Å². The van der Waals surface area contributed by atoms with E-state index in [0.29, 0.717) is 17.2 Å². The van der Waals surface area contributed by atoms with Crippen LogP contribution in [-0.4, -0.2) is 15.3 Å². The molecule has 0 aliphatic heterocycles. The van der Waals surface area contributed by atoms with Crippen LogP contribution in [0.4, 0.5) is 0 Å². The lowest BCUT2D eigenvalue weighted by Crippen LogP contribution is -2.26. The summed E-state index contributed by atoms with van der Waals surface area (Å²) in [4.78, 5) is 0. The number of phenolic OH excluding ortho intramolecular Hbond substituents is 3. The maximum absolute atomic E-state index is 12.2. The van der Waals surface area contributed by atoms with Gasteiger partial charge in [0.25, 0.3) is 0 Å². The average molecular weight is 944 g/mol. The second kappa shape index (κ2) is 19.0. The van der Waals surface area contributed by atoms with Crippen molar-refractivity contribution in [1.82, 2.24) is 0 Å². The molecule has 0 amide bonds. The van der Waals surface area contributed by atoms with Gasteiger partial charge in [0.15, 0.2) is 0 Å². The molecule has 0 saturated heterocycles. The molecule has 3 nitrogen and oxygen atoms in total. The van der Waals surface area contributed by atoms with Crippen LogP contribution in [0.2, 0.25) is 0 Å². The topological polar surface area (TPSA) is 60.7 Å². The molecule has 0 spiro atoms. The number of benzene rings is 4. The van der Waals surface area contributed by atoms with E-state index in [9.17, 15) is 15.3 Å². The molecule has 384 valence electrons. The number of rotatable bonds is 12. The van der Waals surface area contributed by atoms with E-state index in [0.717, 1.165) is 71.9 Å². The first kappa shape index (κ1) is 57.9. The quantitative estimate of drug-likeness (QED) is 0.133. The third kappa shape index (κ3) is 13.8. The van der Waals surface area contributed by atoms with Gasteiger partial charge in [-0.05, 0) is 175 Å². The van der Waals surface area contributed by atoms with Crippen molar-refractivity contribution in [2.75, 3.05) is 0 Å². The van der Waals surface area contributed by atoms with Gasteiger partial charge >= 0.3 is 0 Å². The lowest BCUT2D eigenvalue weighted by atomic mass is 9.69. The second-order valence-corrected chi connectivity index (χ2v) is 30.6. The van der Waals surface area contributed by atoms with E-state index in [2.05, 4.69) is 223 Å². The number of hydrogen-bond donors (Lipinski definition) is 3. The van der Waals surface area contributed by atoms with E-state index in [1.165, 1.54) is 50.1 Å². The molecule has 0 fully saturated rings. The summed E-state index contributed by atoms with van der Waals surface area (Å²) in [6.07, 6.45) is 5.02. The van der Waals surface area contributed by atoms with E-state index >= 15 is 0 Å². The molecule has 4 aromatic carbocycles. The van der Waals surface area contributed by atoms with Crippen LogP contribution in [0.25, 0.3) is 0 Å². The number of phenols is 3. The predicted molar refractivity (Wildman–Crippen MR) is 301 cm³/mol. The van der Waals surface area contributed by atoms with Gasteiger partial charge in [-0.1, -0.05) is 203 Å². The predicted octanol–water partition coefficient (Wildman–Crippen LogP) is 18.5. The van der Waals surface area contributed by atoms with Crippen molar-refractivity contribution in [3.63, 3.8) is 0 Å². The van der Waals surface area contributed by atoms with E-state index in [1.807, 2.05) is 0 Å². The van der Waals surface area contributed by atoms with Crippen molar-refractivity contribution < 1.29 is 15.3 Å². The van der Waals surface area contributed by atoms with Gasteiger partial charge in [0.05, 0.1) is 0 Å². The Bertz CT molecular complexity index is 2210. The van der Waals surface area contributed by atoms with Crippen LogP contribution in [0.3, 0.4) is 0 Å². The maximum atomic E-state index is 12.2. The normalized spacial score (nSPS) is 14.0. The first-order chi connectivity index (χ1) is 30.7. The van der Waals surface area contributed by atoms with Crippen molar-refractivity contribution in [3.05, 3.63) is 120 Å². The lowest BCUT2D eigenvalue weighted by molar-refractivity contribution is 0.276. The Morgan fingerprint density at radius 2 is 0.464 bits per heavy atom. The minimum atomic E-state index is -0.259. The standard InChI is InChI=1S/C66H102O3/c1-40-46(28-43-31-49(61(13,14)15)55(67)52(34-43)64(22,23)37-58(4,5)6)41(2)48(30-45-33-51(63(19,20)21)57(69)54(36-45)66(26,27)39-60(10,11)12)42(3)47(40)29-44-32-50(62(16,17)18)56(68)53(35-44)65(24,25)38-59(7,8)9/h31-36,67-69H,28-30,37-39H2,1-27H3. The molecule has 0 bridgehead atoms. The zero-order valence-corrected chi connectivity index (χ0v) is 49.5. The second-order valence-electron chi connectivity index (χ2n) is 30.6. The minimum absolute atomic E-state index is 0.0770. The van der Waals surface area contributed by atoms with E-state index in [1.54, 1.807) is 0 Å². The van der Waals surface area contributed by atoms with Crippen LogP contribution in [0.5, 0.6) is 17.2 Å². The molecule has 0 radical (unpaired) electrons. The Morgan fingerprint density at radius 3 is 0.623 bits per heavy atom. The van der Waals surface area contributed by atoms with Crippen molar-refractivity contribution in [3.8, 4) is 17.2 Å². The summed E-state index contributed by atoms with van der Waals surface area (Å²) in [5.74, 6) is 1.29. The van der Waals surface area contributed by atoms with Gasteiger partial charge in [0.1, 0.15) is 17.2 Å². The Hall–Kier alpha value is -3.72. The summed E-state index contributed by atoms with van der Waals surface area (Å²) >= 11 is 0. The molecule has 0 aliphatic rings. The third-order valence-corrected chi connectivity index (χ3v) is 14.9. The molecule has 0 heterocycles. The fraction of sp³-hybridized carbons (Fsp3) is 0.636. The van der Waals surface area contributed by atoms with Crippen LogP contribution in [0.15, 0.2) is 36.4 Å². The van der Waals surface area contributed by atoms with Crippen LogP contribution in [-0.2, 0) is 51.8 Å². The van der Waals surface area contributed by atoms with Crippen LogP contribution in [0, 0.1) is 37.0 Å². The van der Waals surface area contributed by atoms with Gasteiger partial charge in [-0.15, -0.1) is 0 Å². The molecule has 0 unspecified atom stereocenters. The van der Waals surface area contributed by atoms with E-state index < -0.39 is 0 Å².